The van der Waals surface area contributed by atoms with Crippen molar-refractivity contribution in [2.24, 2.45) is 0 Å². The van der Waals surface area contributed by atoms with Crippen LogP contribution in [0.4, 0.5) is 0 Å². The van der Waals surface area contributed by atoms with Gasteiger partial charge in [0.2, 0.25) is 0 Å². The lowest BCUT2D eigenvalue weighted by Crippen LogP contribution is -2.05. The Morgan fingerprint density at radius 2 is 2.11 bits per heavy atom. The molecule has 4 heteroatoms. The molecule has 0 bridgehead atoms. The van der Waals surface area contributed by atoms with Gasteiger partial charge in [-0.05, 0) is 39.0 Å². The lowest BCUT2D eigenvalue weighted by molar-refractivity contribution is 0.102. The Labute approximate surface area is 111 Å². The van der Waals surface area contributed by atoms with E-state index in [-0.39, 0.29) is 11.7 Å². The number of hydrogen-bond acceptors (Lipinski definition) is 2. The molecule has 0 amide bonds. The molecule has 0 radical (unpaired) electrons. The Bertz CT molecular complexity index is 602. The minimum atomic E-state index is -0.0439. The summed E-state index contributed by atoms with van der Waals surface area (Å²) >= 11 is 5.63. The van der Waals surface area contributed by atoms with Crippen molar-refractivity contribution in [3.8, 4) is 5.69 Å². The predicted octanol–water partition coefficient (Wildman–Crippen LogP) is 3.22. The molecule has 0 fully saturated rings. The number of carbonyl (C=O) groups excluding carboxylic acids is 1. The molecule has 0 unspecified atom stereocenters. The van der Waals surface area contributed by atoms with Crippen molar-refractivity contribution >= 4 is 17.4 Å². The fourth-order valence-electron chi connectivity index (χ4n) is 2.20. The number of ketones is 1. The third kappa shape index (κ3) is 2.06. The highest BCUT2D eigenvalue weighted by atomic mass is 35.5. The number of halogens is 1. The summed E-state index contributed by atoms with van der Waals surface area (Å²) < 4.78 is 2.04. The van der Waals surface area contributed by atoms with Gasteiger partial charge < -0.3 is 4.57 Å². The van der Waals surface area contributed by atoms with Crippen LogP contribution in [0.2, 0.25) is 0 Å². The van der Waals surface area contributed by atoms with E-state index in [1.165, 1.54) is 0 Å². The second-order valence-electron chi connectivity index (χ2n) is 4.28. The lowest BCUT2D eigenvalue weighted by atomic mass is 10.2. The van der Waals surface area contributed by atoms with Crippen LogP contribution in [0.3, 0.4) is 0 Å². The van der Waals surface area contributed by atoms with E-state index >= 15 is 0 Å². The first-order valence-corrected chi connectivity index (χ1v) is 6.29. The van der Waals surface area contributed by atoms with Gasteiger partial charge in [-0.25, -0.2) is 0 Å². The highest BCUT2D eigenvalue weighted by Gasteiger charge is 2.16. The summed E-state index contributed by atoms with van der Waals surface area (Å²) in [5, 5.41) is 0. The molecule has 0 saturated heterocycles. The molecule has 2 heterocycles. The van der Waals surface area contributed by atoms with Crippen LogP contribution in [0, 0.1) is 20.8 Å². The molecule has 0 aliphatic heterocycles. The van der Waals surface area contributed by atoms with Gasteiger partial charge in [0.1, 0.15) is 0 Å². The van der Waals surface area contributed by atoms with Crippen molar-refractivity contribution in [2.45, 2.75) is 20.8 Å². The molecule has 0 aliphatic carbocycles. The largest absolute Gasteiger partial charge is 0.316 e. The quantitative estimate of drug-likeness (QED) is 0.629. The minimum absolute atomic E-state index is 0.0102. The highest BCUT2D eigenvalue weighted by Crippen LogP contribution is 2.22. The zero-order valence-corrected chi connectivity index (χ0v) is 11.5. The molecule has 2 aromatic rings. The number of pyridine rings is 1. The Balaban J connectivity index is 2.63. The average molecular weight is 263 g/mol. The van der Waals surface area contributed by atoms with E-state index in [1.807, 2.05) is 43.5 Å². The lowest BCUT2D eigenvalue weighted by Gasteiger charge is -2.11. The Morgan fingerprint density at radius 1 is 1.39 bits per heavy atom. The average Bonchev–Trinajstić information content (AvgIpc) is 2.65. The first kappa shape index (κ1) is 12.8. The topological polar surface area (TPSA) is 34.9 Å². The van der Waals surface area contributed by atoms with Gasteiger partial charge >= 0.3 is 0 Å². The third-order valence-corrected chi connectivity index (χ3v) is 3.32. The van der Waals surface area contributed by atoms with Crippen LogP contribution in [0.15, 0.2) is 24.4 Å². The summed E-state index contributed by atoms with van der Waals surface area (Å²) in [6, 6.07) is 5.77. The number of aromatic nitrogens is 2. The Kier molecular flexibility index (Phi) is 3.53. The number of hydrogen-bond donors (Lipinski definition) is 0. The molecule has 0 atom stereocenters. The van der Waals surface area contributed by atoms with Crippen LogP contribution >= 0.6 is 11.6 Å². The SMILES string of the molecule is Cc1ncccc1-n1c(C)cc(C(=O)CCl)c1C. The van der Waals surface area contributed by atoms with E-state index < -0.39 is 0 Å². The number of carbonyl (C=O) groups is 1. The monoisotopic (exact) mass is 262 g/mol. The number of aryl methyl sites for hydroxylation is 2. The number of alkyl halides is 1. The molecule has 2 aromatic heterocycles. The van der Waals surface area contributed by atoms with Crippen LogP contribution in [-0.2, 0) is 0 Å². The van der Waals surface area contributed by atoms with Gasteiger partial charge in [-0.15, -0.1) is 11.6 Å². The van der Waals surface area contributed by atoms with E-state index in [0.29, 0.717) is 5.56 Å². The van der Waals surface area contributed by atoms with Crippen LogP contribution in [0.25, 0.3) is 5.69 Å². The van der Waals surface area contributed by atoms with Gasteiger partial charge in [-0.1, -0.05) is 0 Å². The van der Waals surface area contributed by atoms with Crippen LogP contribution in [0.5, 0.6) is 0 Å². The fourth-order valence-corrected chi connectivity index (χ4v) is 2.34. The van der Waals surface area contributed by atoms with E-state index in [0.717, 1.165) is 22.8 Å². The van der Waals surface area contributed by atoms with Gasteiger partial charge in [0.25, 0.3) is 0 Å². The number of nitrogens with zero attached hydrogens (tertiary/aromatic N) is 2. The maximum Gasteiger partial charge on any atom is 0.179 e. The van der Waals surface area contributed by atoms with E-state index in [9.17, 15) is 4.79 Å². The van der Waals surface area contributed by atoms with Crippen molar-refractivity contribution in [1.29, 1.82) is 0 Å². The molecule has 0 saturated carbocycles. The molecule has 0 aliphatic rings. The molecule has 18 heavy (non-hydrogen) atoms. The second kappa shape index (κ2) is 4.94. The smallest absolute Gasteiger partial charge is 0.179 e. The summed E-state index contributed by atoms with van der Waals surface area (Å²) in [6.07, 6.45) is 1.76. The normalized spacial score (nSPS) is 10.7. The van der Waals surface area contributed by atoms with Crippen molar-refractivity contribution < 1.29 is 4.79 Å². The maximum atomic E-state index is 11.8. The second-order valence-corrected chi connectivity index (χ2v) is 4.55. The molecule has 3 nitrogen and oxygen atoms in total. The van der Waals surface area contributed by atoms with Crippen molar-refractivity contribution in [3.63, 3.8) is 0 Å². The van der Waals surface area contributed by atoms with Gasteiger partial charge in [-0.2, -0.15) is 0 Å². The minimum Gasteiger partial charge on any atom is -0.316 e. The first-order valence-electron chi connectivity index (χ1n) is 5.76. The van der Waals surface area contributed by atoms with Crippen LogP contribution in [-0.4, -0.2) is 21.2 Å². The molecule has 0 aromatic carbocycles. The predicted molar refractivity (Wildman–Crippen MR) is 72.8 cm³/mol. The zero-order chi connectivity index (χ0) is 13.3. The van der Waals surface area contributed by atoms with Gasteiger partial charge in [-0.3, -0.25) is 9.78 Å². The maximum absolute atomic E-state index is 11.8. The molecule has 0 N–H and O–H groups in total. The van der Waals surface area contributed by atoms with Crippen LogP contribution in [0.1, 0.15) is 27.4 Å². The highest BCUT2D eigenvalue weighted by molar-refractivity contribution is 6.30. The summed E-state index contributed by atoms with van der Waals surface area (Å²) in [4.78, 5) is 16.0. The van der Waals surface area contributed by atoms with Crippen LogP contribution < -0.4 is 0 Å². The van der Waals surface area contributed by atoms with E-state index in [2.05, 4.69) is 4.98 Å². The standard InChI is InChI=1S/C14H15ClN2O/c1-9-7-12(14(18)8-15)11(3)17(9)13-5-4-6-16-10(13)2/h4-7H,8H2,1-3H3. The van der Waals surface area contributed by atoms with Crippen molar-refractivity contribution in [2.75, 3.05) is 5.88 Å². The van der Waals surface area contributed by atoms with Gasteiger partial charge in [0.15, 0.2) is 5.78 Å². The Hall–Kier alpha value is -1.61. The number of Topliss-reactive ketones (excluding diaryl/α,β-unsaturated/α-hetero) is 1. The van der Waals surface area contributed by atoms with E-state index in [1.54, 1.807) is 6.20 Å². The zero-order valence-electron chi connectivity index (χ0n) is 10.7. The molecular weight excluding hydrogens is 248 g/mol. The van der Waals surface area contributed by atoms with E-state index in [4.69, 9.17) is 11.6 Å². The van der Waals surface area contributed by atoms with Crippen molar-refractivity contribution in [3.05, 3.63) is 47.0 Å². The fraction of sp³-hybridized carbons (Fsp3) is 0.286. The summed E-state index contributed by atoms with van der Waals surface area (Å²) in [7, 11) is 0. The molecular formula is C14H15ClN2O. The Morgan fingerprint density at radius 3 is 2.72 bits per heavy atom. The molecule has 94 valence electrons. The summed E-state index contributed by atoms with van der Waals surface area (Å²) in [6.45, 7) is 5.86. The van der Waals surface area contributed by atoms with Gasteiger partial charge in [0.05, 0.1) is 17.3 Å². The summed E-state index contributed by atoms with van der Waals surface area (Å²) in [5.74, 6) is -0.0337. The first-order chi connectivity index (χ1) is 8.56. The van der Waals surface area contributed by atoms with Crippen molar-refractivity contribution in [1.82, 2.24) is 9.55 Å². The molecule has 0 spiro atoms. The summed E-state index contributed by atoms with van der Waals surface area (Å²) in [5.41, 5.74) is 4.54. The van der Waals surface area contributed by atoms with Gasteiger partial charge in [0, 0.05) is 23.1 Å². The molecule has 2 rings (SSSR count). The number of rotatable bonds is 3. The third-order valence-electron chi connectivity index (χ3n) is 3.07.